The molecule has 17 heavy (non-hydrogen) atoms. The second kappa shape index (κ2) is 5.45. The molecule has 0 saturated carbocycles. The number of nitrogens with zero attached hydrogens (tertiary/aromatic N) is 3. The van der Waals surface area contributed by atoms with Gasteiger partial charge in [-0.3, -0.25) is 4.98 Å². The lowest BCUT2D eigenvalue weighted by Gasteiger charge is -2.20. The van der Waals surface area contributed by atoms with Gasteiger partial charge in [-0.2, -0.15) is 0 Å². The normalized spacial score (nSPS) is 21.1. The van der Waals surface area contributed by atoms with E-state index in [-0.39, 0.29) is 0 Å². The van der Waals surface area contributed by atoms with Crippen LogP contribution in [-0.4, -0.2) is 40.5 Å². The molecule has 1 unspecified atom stereocenters. The molecule has 0 radical (unpaired) electrons. The van der Waals surface area contributed by atoms with Crippen molar-refractivity contribution in [3.8, 4) is 0 Å². The van der Waals surface area contributed by atoms with Gasteiger partial charge in [0.1, 0.15) is 5.82 Å². The number of hydrogen-bond donors (Lipinski definition) is 1. The van der Waals surface area contributed by atoms with Crippen molar-refractivity contribution in [3.63, 3.8) is 0 Å². The molecule has 1 aromatic heterocycles. The zero-order chi connectivity index (χ0) is 12.3. The number of anilines is 1. The molecule has 0 amide bonds. The molecule has 4 nitrogen and oxygen atoms in total. The van der Waals surface area contributed by atoms with Crippen molar-refractivity contribution in [2.45, 2.75) is 33.2 Å². The Bertz CT molecular complexity index is 364. The topological polar surface area (TPSA) is 41.1 Å². The van der Waals surface area contributed by atoms with E-state index < -0.39 is 0 Å². The summed E-state index contributed by atoms with van der Waals surface area (Å²) in [6, 6.07) is 0.665. The van der Waals surface area contributed by atoms with Gasteiger partial charge in [-0.25, -0.2) is 4.98 Å². The first-order valence-corrected chi connectivity index (χ1v) is 6.42. The van der Waals surface area contributed by atoms with Crippen molar-refractivity contribution < 1.29 is 0 Å². The first-order valence-electron chi connectivity index (χ1n) is 6.42. The fourth-order valence-electron chi connectivity index (χ4n) is 2.32. The second-order valence-corrected chi connectivity index (χ2v) is 5.11. The van der Waals surface area contributed by atoms with Crippen LogP contribution >= 0.6 is 0 Å². The first-order chi connectivity index (χ1) is 8.16. The third kappa shape index (κ3) is 3.16. The molecule has 1 aliphatic heterocycles. The monoisotopic (exact) mass is 234 g/mol. The largest absolute Gasteiger partial charge is 0.368 e. The summed E-state index contributed by atoms with van der Waals surface area (Å²) in [5.74, 6) is 1.66. The quantitative estimate of drug-likeness (QED) is 0.864. The zero-order valence-electron chi connectivity index (χ0n) is 11.0. The van der Waals surface area contributed by atoms with Gasteiger partial charge in [0.25, 0.3) is 0 Å². The van der Waals surface area contributed by atoms with Gasteiger partial charge in [0, 0.05) is 31.5 Å². The van der Waals surface area contributed by atoms with Crippen molar-refractivity contribution in [2.75, 3.05) is 25.0 Å². The van der Waals surface area contributed by atoms with Crippen molar-refractivity contribution >= 4 is 5.82 Å². The van der Waals surface area contributed by atoms with Gasteiger partial charge in [-0.05, 0) is 39.7 Å². The van der Waals surface area contributed by atoms with Crippen LogP contribution in [0.25, 0.3) is 0 Å². The van der Waals surface area contributed by atoms with Crippen molar-refractivity contribution in [3.05, 3.63) is 18.1 Å². The van der Waals surface area contributed by atoms with Gasteiger partial charge in [-0.1, -0.05) is 0 Å². The van der Waals surface area contributed by atoms with Crippen LogP contribution in [0.4, 0.5) is 5.82 Å². The molecule has 2 rings (SSSR count). The lowest BCUT2D eigenvalue weighted by Crippen LogP contribution is -2.29. The van der Waals surface area contributed by atoms with E-state index in [1.807, 2.05) is 6.92 Å². The van der Waals surface area contributed by atoms with Crippen molar-refractivity contribution in [1.29, 1.82) is 0 Å². The third-order valence-electron chi connectivity index (χ3n) is 3.49. The molecule has 1 fully saturated rings. The molecule has 1 N–H and O–H groups in total. The Hall–Kier alpha value is -1.16. The molecule has 1 aromatic rings. The van der Waals surface area contributed by atoms with Crippen LogP contribution in [-0.2, 0) is 0 Å². The van der Waals surface area contributed by atoms with Crippen LogP contribution in [0, 0.1) is 12.8 Å². The zero-order valence-corrected chi connectivity index (χ0v) is 11.0. The fraction of sp³-hybridized carbons (Fsp3) is 0.692. The summed E-state index contributed by atoms with van der Waals surface area (Å²) in [6.07, 6.45) is 4.76. The molecule has 94 valence electrons. The minimum Gasteiger partial charge on any atom is -0.368 e. The maximum Gasteiger partial charge on any atom is 0.147 e. The van der Waals surface area contributed by atoms with Crippen LogP contribution in [0.15, 0.2) is 12.4 Å². The van der Waals surface area contributed by atoms with Crippen LogP contribution in [0.2, 0.25) is 0 Å². The van der Waals surface area contributed by atoms with E-state index >= 15 is 0 Å². The molecule has 1 atom stereocenters. The van der Waals surface area contributed by atoms with Gasteiger partial charge in [0.2, 0.25) is 0 Å². The average Bonchev–Trinajstić information content (AvgIpc) is 2.77. The van der Waals surface area contributed by atoms with Gasteiger partial charge in [0.05, 0.1) is 5.69 Å². The number of aromatic nitrogens is 2. The third-order valence-corrected chi connectivity index (χ3v) is 3.49. The Morgan fingerprint density at radius 3 is 2.82 bits per heavy atom. The summed E-state index contributed by atoms with van der Waals surface area (Å²) in [7, 11) is 0. The smallest absolute Gasteiger partial charge is 0.147 e. The maximum atomic E-state index is 4.31. The Labute approximate surface area is 103 Å². The highest BCUT2D eigenvalue weighted by atomic mass is 15.2. The van der Waals surface area contributed by atoms with E-state index in [0.29, 0.717) is 6.04 Å². The molecular formula is C13H22N4. The predicted octanol–water partition coefficient (Wildman–Crippen LogP) is 1.93. The average molecular weight is 234 g/mol. The van der Waals surface area contributed by atoms with Gasteiger partial charge >= 0.3 is 0 Å². The summed E-state index contributed by atoms with van der Waals surface area (Å²) in [6.45, 7) is 9.95. The summed E-state index contributed by atoms with van der Waals surface area (Å²) >= 11 is 0. The molecule has 0 aliphatic carbocycles. The maximum absolute atomic E-state index is 4.31. The van der Waals surface area contributed by atoms with Crippen LogP contribution in [0.3, 0.4) is 0 Å². The number of aryl methyl sites for hydroxylation is 1. The SMILES string of the molecule is Cc1nccnc1NCC1CCN(C(C)C)C1. The molecule has 4 heteroatoms. The Morgan fingerprint density at radius 1 is 1.41 bits per heavy atom. The highest BCUT2D eigenvalue weighted by Crippen LogP contribution is 2.19. The van der Waals surface area contributed by atoms with E-state index in [4.69, 9.17) is 0 Å². The highest BCUT2D eigenvalue weighted by Gasteiger charge is 2.23. The summed E-state index contributed by atoms with van der Waals surface area (Å²) < 4.78 is 0. The number of nitrogens with one attached hydrogen (secondary N) is 1. The standard InChI is InChI=1S/C13H22N4/c1-10(2)17-7-4-12(9-17)8-16-13-11(3)14-5-6-15-13/h5-6,10,12H,4,7-9H2,1-3H3,(H,15,16). The minimum atomic E-state index is 0.665. The van der Waals surface area contributed by atoms with Crippen LogP contribution in [0.1, 0.15) is 26.0 Å². The Balaban J connectivity index is 1.82. The van der Waals surface area contributed by atoms with Crippen molar-refractivity contribution in [2.24, 2.45) is 5.92 Å². The predicted molar refractivity (Wildman–Crippen MR) is 70.1 cm³/mol. The summed E-state index contributed by atoms with van der Waals surface area (Å²) in [4.78, 5) is 11.1. The van der Waals surface area contributed by atoms with E-state index in [9.17, 15) is 0 Å². The second-order valence-electron chi connectivity index (χ2n) is 5.11. The molecular weight excluding hydrogens is 212 g/mol. The molecule has 1 saturated heterocycles. The summed E-state index contributed by atoms with van der Waals surface area (Å²) in [5.41, 5.74) is 0.978. The van der Waals surface area contributed by atoms with Gasteiger partial charge in [-0.15, -0.1) is 0 Å². The molecule has 0 bridgehead atoms. The lowest BCUT2D eigenvalue weighted by molar-refractivity contribution is 0.266. The van der Waals surface area contributed by atoms with Crippen molar-refractivity contribution in [1.82, 2.24) is 14.9 Å². The Kier molecular flexibility index (Phi) is 3.94. The minimum absolute atomic E-state index is 0.665. The fourth-order valence-corrected chi connectivity index (χ4v) is 2.32. The van der Waals surface area contributed by atoms with Crippen LogP contribution in [0.5, 0.6) is 0 Å². The molecule has 0 aromatic carbocycles. The lowest BCUT2D eigenvalue weighted by atomic mass is 10.1. The highest BCUT2D eigenvalue weighted by molar-refractivity contribution is 5.38. The Morgan fingerprint density at radius 2 is 2.18 bits per heavy atom. The number of hydrogen-bond acceptors (Lipinski definition) is 4. The first kappa shape index (κ1) is 12.3. The van der Waals surface area contributed by atoms with E-state index in [1.54, 1.807) is 12.4 Å². The van der Waals surface area contributed by atoms with E-state index in [0.717, 1.165) is 24.0 Å². The van der Waals surface area contributed by atoms with E-state index in [2.05, 4.69) is 34.0 Å². The molecule has 1 aliphatic rings. The summed E-state index contributed by atoms with van der Waals surface area (Å²) in [5, 5.41) is 3.41. The van der Waals surface area contributed by atoms with Gasteiger partial charge in [0.15, 0.2) is 0 Å². The number of likely N-dealkylation sites (tertiary alicyclic amines) is 1. The molecule has 2 heterocycles. The van der Waals surface area contributed by atoms with E-state index in [1.165, 1.54) is 19.5 Å². The molecule has 0 spiro atoms. The number of rotatable bonds is 4. The van der Waals surface area contributed by atoms with Crippen LogP contribution < -0.4 is 5.32 Å². The van der Waals surface area contributed by atoms with Gasteiger partial charge < -0.3 is 10.2 Å².